The van der Waals surface area contributed by atoms with Crippen LogP contribution in [0.2, 0.25) is 0 Å². The predicted octanol–water partition coefficient (Wildman–Crippen LogP) is 0.706. The van der Waals surface area contributed by atoms with Crippen molar-refractivity contribution in [1.29, 1.82) is 0 Å². The van der Waals surface area contributed by atoms with E-state index < -0.39 is 11.9 Å². The molecule has 2 aromatic rings. The van der Waals surface area contributed by atoms with Crippen molar-refractivity contribution in [1.82, 2.24) is 0 Å². The first-order chi connectivity index (χ1) is 9.59. The second-order valence-corrected chi connectivity index (χ2v) is 5.03. The number of benzene rings is 2. The minimum Gasteiger partial charge on any atom is -0.545 e. The Morgan fingerprint density at radius 2 is 1.40 bits per heavy atom. The van der Waals surface area contributed by atoms with E-state index in [2.05, 4.69) is 0 Å². The first kappa shape index (κ1) is 14.1. The van der Waals surface area contributed by atoms with Gasteiger partial charge in [0.1, 0.15) is 0 Å². The Labute approximate surface area is 120 Å². The number of carboxylic acids is 2. The van der Waals surface area contributed by atoms with Gasteiger partial charge in [-0.05, 0) is 11.6 Å². The third kappa shape index (κ3) is 3.19. The zero-order chi connectivity index (χ0) is 14.5. The SMILES string of the molecule is O=C([O-])c1ccccc1CSc1ccccc1C(=O)[O-]. The summed E-state index contributed by atoms with van der Waals surface area (Å²) in [5, 5.41) is 22.0. The van der Waals surface area contributed by atoms with Crippen LogP contribution in [0.25, 0.3) is 0 Å². The third-order valence-electron chi connectivity index (χ3n) is 2.73. The summed E-state index contributed by atoms with van der Waals surface area (Å²) < 4.78 is 0. The molecule has 20 heavy (non-hydrogen) atoms. The molecule has 0 aromatic heterocycles. The molecule has 0 spiro atoms. The standard InChI is InChI=1S/C15H12O4S/c16-14(17)11-6-2-1-5-10(11)9-20-13-8-4-3-7-12(13)15(18)19/h1-8H,9H2,(H,16,17)(H,18,19)/p-2. The van der Waals surface area contributed by atoms with Gasteiger partial charge < -0.3 is 19.8 Å². The van der Waals surface area contributed by atoms with E-state index in [1.54, 1.807) is 36.4 Å². The molecule has 0 N–H and O–H groups in total. The maximum Gasteiger partial charge on any atom is 0.0726 e. The van der Waals surface area contributed by atoms with Gasteiger partial charge in [0.15, 0.2) is 0 Å². The van der Waals surface area contributed by atoms with E-state index in [0.29, 0.717) is 16.2 Å². The number of carboxylic acid groups (broad SMARTS) is 2. The molecule has 0 saturated carbocycles. The minimum absolute atomic E-state index is 0.100. The Morgan fingerprint density at radius 1 is 0.850 bits per heavy atom. The van der Waals surface area contributed by atoms with Gasteiger partial charge in [0, 0.05) is 21.8 Å². The lowest BCUT2D eigenvalue weighted by Gasteiger charge is -2.12. The fourth-order valence-electron chi connectivity index (χ4n) is 1.76. The molecule has 0 amide bonds. The lowest BCUT2D eigenvalue weighted by Crippen LogP contribution is -2.23. The van der Waals surface area contributed by atoms with Crippen molar-refractivity contribution in [2.75, 3.05) is 0 Å². The summed E-state index contributed by atoms with van der Waals surface area (Å²) in [7, 11) is 0. The summed E-state index contributed by atoms with van der Waals surface area (Å²) in [5.74, 6) is -2.15. The van der Waals surface area contributed by atoms with Gasteiger partial charge in [-0.1, -0.05) is 42.5 Å². The molecule has 0 saturated heterocycles. The summed E-state index contributed by atoms with van der Waals surface area (Å²) in [6.45, 7) is 0. The van der Waals surface area contributed by atoms with Crippen LogP contribution in [0, 0.1) is 0 Å². The van der Waals surface area contributed by atoms with Gasteiger partial charge >= 0.3 is 0 Å². The van der Waals surface area contributed by atoms with Crippen LogP contribution >= 0.6 is 11.8 Å². The van der Waals surface area contributed by atoms with E-state index in [0.717, 1.165) is 0 Å². The predicted molar refractivity (Wildman–Crippen MR) is 71.1 cm³/mol. The Balaban J connectivity index is 2.22. The first-order valence-corrected chi connectivity index (χ1v) is 6.80. The highest BCUT2D eigenvalue weighted by Crippen LogP contribution is 2.27. The summed E-state index contributed by atoms with van der Waals surface area (Å²) in [4.78, 5) is 22.5. The molecule has 0 unspecified atom stereocenters. The molecular weight excluding hydrogens is 276 g/mol. The fourth-order valence-corrected chi connectivity index (χ4v) is 2.81. The Kier molecular flexibility index (Phi) is 4.42. The maximum atomic E-state index is 11.0. The van der Waals surface area contributed by atoms with E-state index in [9.17, 15) is 19.8 Å². The third-order valence-corrected chi connectivity index (χ3v) is 3.85. The summed E-state index contributed by atoms with van der Waals surface area (Å²) in [6.07, 6.45) is 0. The van der Waals surface area contributed by atoms with Crippen molar-refractivity contribution < 1.29 is 19.8 Å². The summed E-state index contributed by atoms with van der Waals surface area (Å²) in [6, 6.07) is 13.0. The fraction of sp³-hybridized carbons (Fsp3) is 0.0667. The number of thioether (sulfide) groups is 1. The second-order valence-electron chi connectivity index (χ2n) is 4.02. The largest absolute Gasteiger partial charge is 0.545 e. The molecule has 5 heteroatoms. The molecule has 0 aliphatic carbocycles. The highest BCUT2D eigenvalue weighted by molar-refractivity contribution is 7.98. The number of carbonyl (C=O) groups is 2. The van der Waals surface area contributed by atoms with Crippen molar-refractivity contribution >= 4 is 23.7 Å². The molecule has 0 radical (unpaired) electrons. The van der Waals surface area contributed by atoms with E-state index in [-0.39, 0.29) is 11.1 Å². The molecular formula is C15H10O4S-2. The average molecular weight is 286 g/mol. The number of aromatic carboxylic acids is 2. The van der Waals surface area contributed by atoms with Crippen LogP contribution in [0.1, 0.15) is 26.3 Å². The quantitative estimate of drug-likeness (QED) is 0.756. The van der Waals surface area contributed by atoms with Gasteiger partial charge in [-0.2, -0.15) is 0 Å². The van der Waals surface area contributed by atoms with Gasteiger partial charge in [-0.3, -0.25) is 0 Å². The Bertz CT molecular complexity index is 594. The smallest absolute Gasteiger partial charge is 0.0726 e. The molecule has 2 aromatic carbocycles. The molecule has 0 bridgehead atoms. The first-order valence-electron chi connectivity index (χ1n) is 5.82. The van der Waals surface area contributed by atoms with Crippen molar-refractivity contribution in [2.45, 2.75) is 10.6 Å². The van der Waals surface area contributed by atoms with Crippen LogP contribution < -0.4 is 10.2 Å². The highest BCUT2D eigenvalue weighted by atomic mass is 32.2. The molecule has 0 fully saturated rings. The van der Waals surface area contributed by atoms with Gasteiger partial charge in [0.05, 0.1) is 11.9 Å². The normalized spacial score (nSPS) is 10.2. The number of carbonyl (C=O) groups excluding carboxylic acids is 2. The summed E-state index contributed by atoms with van der Waals surface area (Å²) >= 11 is 1.25. The molecule has 0 heterocycles. The maximum absolute atomic E-state index is 11.0. The lowest BCUT2D eigenvalue weighted by atomic mass is 10.1. The minimum atomic E-state index is -1.25. The zero-order valence-corrected chi connectivity index (χ0v) is 11.2. The topological polar surface area (TPSA) is 80.3 Å². The van der Waals surface area contributed by atoms with E-state index >= 15 is 0 Å². The molecule has 2 rings (SSSR count). The Morgan fingerprint density at radius 3 is 2.05 bits per heavy atom. The molecule has 4 nitrogen and oxygen atoms in total. The van der Waals surface area contributed by atoms with Crippen molar-refractivity contribution in [3.8, 4) is 0 Å². The molecule has 0 atom stereocenters. The van der Waals surface area contributed by atoms with E-state index in [4.69, 9.17) is 0 Å². The van der Waals surface area contributed by atoms with E-state index in [1.807, 2.05) is 0 Å². The highest BCUT2D eigenvalue weighted by Gasteiger charge is 2.06. The Hall–Kier alpha value is -2.27. The molecule has 0 aliphatic heterocycles. The van der Waals surface area contributed by atoms with Gasteiger partial charge in [0.2, 0.25) is 0 Å². The number of rotatable bonds is 5. The monoisotopic (exact) mass is 286 g/mol. The summed E-state index contributed by atoms with van der Waals surface area (Å²) in [5.41, 5.74) is 0.806. The number of hydrogen-bond donors (Lipinski definition) is 0. The van der Waals surface area contributed by atoms with Crippen LogP contribution in [-0.4, -0.2) is 11.9 Å². The second kappa shape index (κ2) is 6.25. The van der Waals surface area contributed by atoms with Crippen LogP contribution in [0.15, 0.2) is 53.4 Å². The van der Waals surface area contributed by atoms with Gasteiger partial charge in [-0.25, -0.2) is 0 Å². The zero-order valence-electron chi connectivity index (χ0n) is 10.4. The van der Waals surface area contributed by atoms with Gasteiger partial charge in [0.25, 0.3) is 0 Å². The van der Waals surface area contributed by atoms with Crippen molar-refractivity contribution in [2.24, 2.45) is 0 Å². The van der Waals surface area contributed by atoms with Crippen molar-refractivity contribution in [3.05, 3.63) is 65.2 Å². The molecule has 0 aliphatic rings. The van der Waals surface area contributed by atoms with Gasteiger partial charge in [-0.15, -0.1) is 11.8 Å². The van der Waals surface area contributed by atoms with E-state index in [1.165, 1.54) is 23.9 Å². The van der Waals surface area contributed by atoms with Crippen LogP contribution in [0.3, 0.4) is 0 Å². The van der Waals surface area contributed by atoms with Crippen LogP contribution in [-0.2, 0) is 5.75 Å². The van der Waals surface area contributed by atoms with Crippen LogP contribution in [0.5, 0.6) is 0 Å². The molecule has 102 valence electrons. The van der Waals surface area contributed by atoms with Crippen LogP contribution in [0.4, 0.5) is 0 Å². The number of hydrogen-bond acceptors (Lipinski definition) is 5. The lowest BCUT2D eigenvalue weighted by molar-refractivity contribution is -0.256. The van der Waals surface area contributed by atoms with Crippen molar-refractivity contribution in [3.63, 3.8) is 0 Å². The average Bonchev–Trinajstić information content (AvgIpc) is 2.45.